The summed E-state index contributed by atoms with van der Waals surface area (Å²) in [4.78, 5) is 22.6. The van der Waals surface area contributed by atoms with Crippen LogP contribution in [0.5, 0.6) is 11.5 Å². The molecular formula is C20H21N5O5S. The fraction of sp³-hybridized carbons (Fsp3) is 0.250. The number of carbonyl (C=O) groups is 1. The molecule has 1 amide bonds. The Bertz CT molecular complexity index is 1090. The van der Waals surface area contributed by atoms with E-state index < -0.39 is 11.0 Å². The summed E-state index contributed by atoms with van der Waals surface area (Å²) < 4.78 is 13.0. The number of hydrogen-bond acceptors (Lipinski definition) is 8. The molecule has 1 atom stereocenters. The lowest BCUT2D eigenvalue weighted by atomic mass is 10.3. The highest BCUT2D eigenvalue weighted by atomic mass is 32.2. The number of amides is 1. The van der Waals surface area contributed by atoms with Crippen molar-refractivity contribution < 1.29 is 19.2 Å². The van der Waals surface area contributed by atoms with Gasteiger partial charge in [-0.2, -0.15) is 0 Å². The zero-order valence-electron chi connectivity index (χ0n) is 17.1. The number of benzene rings is 2. The van der Waals surface area contributed by atoms with Crippen LogP contribution in [0.4, 0.5) is 11.4 Å². The second-order valence-electron chi connectivity index (χ2n) is 6.46. The Balaban J connectivity index is 1.60. The quantitative estimate of drug-likeness (QED) is 0.302. The maximum atomic E-state index is 12.2. The van der Waals surface area contributed by atoms with Crippen LogP contribution in [0, 0.1) is 10.1 Å². The molecule has 1 aromatic heterocycles. The Labute approximate surface area is 182 Å². The fourth-order valence-corrected chi connectivity index (χ4v) is 3.51. The van der Waals surface area contributed by atoms with E-state index in [4.69, 9.17) is 9.47 Å². The van der Waals surface area contributed by atoms with Gasteiger partial charge in [-0.3, -0.25) is 14.9 Å². The highest BCUT2D eigenvalue weighted by Gasteiger charge is 2.19. The SMILES string of the molecule is COc1ccccc1OC(C)c1nnc(SCC(=O)Nc2cccc([N+](=O)[O-])c2)n1C. The van der Waals surface area contributed by atoms with Gasteiger partial charge in [0.2, 0.25) is 5.91 Å². The Kier molecular flexibility index (Phi) is 7.08. The van der Waals surface area contributed by atoms with Gasteiger partial charge in [0.25, 0.3) is 5.69 Å². The van der Waals surface area contributed by atoms with Crippen LogP contribution in [0.2, 0.25) is 0 Å². The van der Waals surface area contributed by atoms with Crippen molar-refractivity contribution in [1.82, 2.24) is 14.8 Å². The van der Waals surface area contributed by atoms with Crippen molar-refractivity contribution in [2.45, 2.75) is 18.2 Å². The average Bonchev–Trinajstić information content (AvgIpc) is 3.13. The molecule has 1 heterocycles. The van der Waals surface area contributed by atoms with Crippen LogP contribution in [0.3, 0.4) is 0 Å². The monoisotopic (exact) mass is 443 g/mol. The third-order valence-corrected chi connectivity index (χ3v) is 5.30. The lowest BCUT2D eigenvalue weighted by Crippen LogP contribution is -2.15. The molecule has 3 rings (SSSR count). The topological polar surface area (TPSA) is 121 Å². The molecule has 0 aliphatic rings. The van der Waals surface area contributed by atoms with Crippen molar-refractivity contribution in [2.24, 2.45) is 7.05 Å². The van der Waals surface area contributed by atoms with Crippen molar-refractivity contribution >= 4 is 29.0 Å². The van der Waals surface area contributed by atoms with Gasteiger partial charge in [-0.05, 0) is 25.1 Å². The van der Waals surface area contributed by atoms with Crippen molar-refractivity contribution in [3.63, 3.8) is 0 Å². The van der Waals surface area contributed by atoms with Crippen LogP contribution in [-0.2, 0) is 11.8 Å². The molecule has 0 aliphatic carbocycles. The number of nitrogens with zero attached hydrogens (tertiary/aromatic N) is 4. The molecule has 0 saturated heterocycles. The highest BCUT2D eigenvalue weighted by Crippen LogP contribution is 2.30. The molecule has 3 aromatic rings. The summed E-state index contributed by atoms with van der Waals surface area (Å²) in [6, 6.07) is 13.1. The maximum Gasteiger partial charge on any atom is 0.271 e. The first kappa shape index (κ1) is 22.1. The summed E-state index contributed by atoms with van der Waals surface area (Å²) in [5.41, 5.74) is 0.268. The third-order valence-electron chi connectivity index (χ3n) is 4.28. The number of anilines is 1. The van der Waals surface area contributed by atoms with E-state index in [0.29, 0.717) is 28.2 Å². The molecule has 31 heavy (non-hydrogen) atoms. The molecule has 11 heteroatoms. The van der Waals surface area contributed by atoms with E-state index in [0.717, 1.165) is 0 Å². The number of thioether (sulfide) groups is 1. The number of nitro benzene ring substituents is 1. The van der Waals surface area contributed by atoms with E-state index in [1.807, 2.05) is 19.1 Å². The van der Waals surface area contributed by atoms with Gasteiger partial charge in [0, 0.05) is 24.9 Å². The normalized spacial score (nSPS) is 11.6. The molecule has 0 bridgehead atoms. The molecule has 2 aromatic carbocycles. The van der Waals surface area contributed by atoms with Gasteiger partial charge >= 0.3 is 0 Å². The largest absolute Gasteiger partial charge is 0.493 e. The van der Waals surface area contributed by atoms with Gasteiger partial charge in [-0.15, -0.1) is 10.2 Å². The first-order valence-electron chi connectivity index (χ1n) is 9.25. The predicted octanol–water partition coefficient (Wildman–Crippen LogP) is 3.60. The first-order chi connectivity index (χ1) is 14.9. The lowest BCUT2D eigenvalue weighted by Gasteiger charge is -2.16. The molecule has 0 aliphatic heterocycles. The summed E-state index contributed by atoms with van der Waals surface area (Å²) in [5, 5.41) is 22.3. The van der Waals surface area contributed by atoms with Gasteiger partial charge in [0.05, 0.1) is 17.8 Å². The van der Waals surface area contributed by atoms with Crippen molar-refractivity contribution in [3.8, 4) is 11.5 Å². The number of ether oxygens (including phenoxy) is 2. The van der Waals surface area contributed by atoms with E-state index in [1.165, 1.54) is 30.0 Å². The fourth-order valence-electron chi connectivity index (χ4n) is 2.79. The number of hydrogen-bond donors (Lipinski definition) is 1. The molecule has 1 N–H and O–H groups in total. The average molecular weight is 443 g/mol. The number of para-hydroxylation sites is 2. The Morgan fingerprint density at radius 1 is 1.23 bits per heavy atom. The minimum Gasteiger partial charge on any atom is -0.493 e. The summed E-state index contributed by atoms with van der Waals surface area (Å²) in [5.74, 6) is 1.55. The molecule has 10 nitrogen and oxygen atoms in total. The van der Waals surface area contributed by atoms with Gasteiger partial charge in [-0.25, -0.2) is 0 Å². The maximum absolute atomic E-state index is 12.2. The van der Waals surface area contributed by atoms with Crippen LogP contribution in [0.25, 0.3) is 0 Å². The van der Waals surface area contributed by atoms with E-state index in [-0.39, 0.29) is 17.3 Å². The number of nitrogens with one attached hydrogen (secondary N) is 1. The summed E-state index contributed by atoms with van der Waals surface area (Å²) in [7, 11) is 3.36. The highest BCUT2D eigenvalue weighted by molar-refractivity contribution is 7.99. The minimum atomic E-state index is -0.514. The van der Waals surface area contributed by atoms with Crippen molar-refractivity contribution in [2.75, 3.05) is 18.2 Å². The summed E-state index contributed by atoms with van der Waals surface area (Å²) in [6.07, 6.45) is -0.401. The number of nitro groups is 1. The third kappa shape index (κ3) is 5.51. The standard InChI is InChI=1S/C20H21N5O5S/c1-13(30-17-10-5-4-9-16(17)29-3)19-22-23-20(24(19)2)31-12-18(26)21-14-7-6-8-15(11-14)25(27)28/h4-11,13H,12H2,1-3H3,(H,21,26). The smallest absolute Gasteiger partial charge is 0.271 e. The molecule has 162 valence electrons. The van der Waals surface area contributed by atoms with Crippen LogP contribution >= 0.6 is 11.8 Å². The minimum absolute atomic E-state index is 0.0659. The van der Waals surface area contributed by atoms with Crippen LogP contribution in [-0.4, -0.2) is 38.5 Å². The van der Waals surface area contributed by atoms with Gasteiger partial charge in [-0.1, -0.05) is 30.0 Å². The molecule has 0 radical (unpaired) electrons. The zero-order chi connectivity index (χ0) is 22.4. The molecule has 1 unspecified atom stereocenters. The van der Waals surface area contributed by atoms with E-state index >= 15 is 0 Å². The van der Waals surface area contributed by atoms with Gasteiger partial charge in [0.1, 0.15) is 0 Å². The second kappa shape index (κ2) is 9.94. The molecule has 0 spiro atoms. The Morgan fingerprint density at radius 3 is 2.68 bits per heavy atom. The Morgan fingerprint density at radius 2 is 1.97 bits per heavy atom. The Hall–Kier alpha value is -3.60. The zero-order valence-corrected chi connectivity index (χ0v) is 18.0. The summed E-state index contributed by atoms with van der Waals surface area (Å²) >= 11 is 1.20. The number of methoxy groups -OCH3 is 1. The second-order valence-corrected chi connectivity index (χ2v) is 7.40. The van der Waals surface area contributed by atoms with Crippen molar-refractivity contribution in [1.29, 1.82) is 0 Å². The number of non-ortho nitro benzene ring substituents is 1. The van der Waals surface area contributed by atoms with Gasteiger partial charge < -0.3 is 19.4 Å². The number of aromatic nitrogens is 3. The van der Waals surface area contributed by atoms with Gasteiger partial charge in [0.15, 0.2) is 28.6 Å². The molecule has 0 saturated carbocycles. The van der Waals surface area contributed by atoms with E-state index in [1.54, 1.807) is 36.9 Å². The lowest BCUT2D eigenvalue weighted by molar-refractivity contribution is -0.384. The van der Waals surface area contributed by atoms with E-state index in [9.17, 15) is 14.9 Å². The summed E-state index contributed by atoms with van der Waals surface area (Å²) in [6.45, 7) is 1.85. The molecule has 0 fully saturated rings. The first-order valence-corrected chi connectivity index (χ1v) is 10.2. The number of carbonyl (C=O) groups excluding carboxylic acids is 1. The van der Waals surface area contributed by atoms with Crippen LogP contribution < -0.4 is 14.8 Å². The number of rotatable bonds is 9. The van der Waals surface area contributed by atoms with Crippen molar-refractivity contribution in [3.05, 3.63) is 64.5 Å². The predicted molar refractivity (Wildman–Crippen MR) is 115 cm³/mol. The molecular weight excluding hydrogens is 422 g/mol. The van der Waals surface area contributed by atoms with Crippen LogP contribution in [0.1, 0.15) is 18.9 Å². The van der Waals surface area contributed by atoms with Crippen LogP contribution in [0.15, 0.2) is 53.7 Å². The van der Waals surface area contributed by atoms with E-state index in [2.05, 4.69) is 15.5 Å².